The first kappa shape index (κ1) is 18.7. The molecule has 8 heteroatoms. The van der Waals surface area contributed by atoms with Crippen molar-refractivity contribution in [2.75, 3.05) is 20.2 Å². The Morgan fingerprint density at radius 2 is 1.96 bits per heavy atom. The highest BCUT2D eigenvalue weighted by Crippen LogP contribution is 2.23. The Bertz CT molecular complexity index is 780. The van der Waals surface area contributed by atoms with Crippen molar-refractivity contribution in [2.24, 2.45) is 0 Å². The van der Waals surface area contributed by atoms with E-state index < -0.39 is 0 Å². The van der Waals surface area contributed by atoms with Crippen LogP contribution in [0.5, 0.6) is 5.75 Å². The lowest BCUT2D eigenvalue weighted by atomic mass is 9.95. The van der Waals surface area contributed by atoms with E-state index in [4.69, 9.17) is 14.0 Å². The molecular formula is C20H26N4O4. The fourth-order valence-electron chi connectivity index (χ4n) is 3.62. The number of amides is 2. The second-order valence-corrected chi connectivity index (χ2v) is 7.40. The third-order valence-corrected chi connectivity index (χ3v) is 5.22. The molecule has 0 atom stereocenters. The Morgan fingerprint density at radius 1 is 1.21 bits per heavy atom. The van der Waals surface area contributed by atoms with Gasteiger partial charge in [-0.15, -0.1) is 0 Å². The van der Waals surface area contributed by atoms with Gasteiger partial charge in [0.2, 0.25) is 5.82 Å². The van der Waals surface area contributed by atoms with Gasteiger partial charge in [0.1, 0.15) is 18.5 Å². The number of carbonyl (C=O) groups excluding carboxylic acids is 1. The molecule has 0 spiro atoms. The molecule has 2 aliphatic rings. The molecule has 0 radical (unpaired) electrons. The molecule has 1 aromatic heterocycles. The maximum Gasteiger partial charge on any atom is 0.317 e. The topological polar surface area (TPSA) is 89.7 Å². The van der Waals surface area contributed by atoms with E-state index in [-0.39, 0.29) is 12.1 Å². The number of carbonyl (C=O) groups is 1. The van der Waals surface area contributed by atoms with Crippen LogP contribution in [0.2, 0.25) is 0 Å². The van der Waals surface area contributed by atoms with E-state index in [1.54, 1.807) is 7.11 Å². The van der Waals surface area contributed by atoms with Crippen LogP contribution in [0.1, 0.15) is 38.0 Å². The van der Waals surface area contributed by atoms with Gasteiger partial charge < -0.3 is 24.2 Å². The highest BCUT2D eigenvalue weighted by Gasteiger charge is 2.33. The number of rotatable bonds is 6. The first-order valence-corrected chi connectivity index (χ1v) is 9.85. The average molecular weight is 386 g/mol. The Hall–Kier alpha value is -2.61. The third-order valence-electron chi connectivity index (χ3n) is 5.22. The number of benzene rings is 1. The van der Waals surface area contributed by atoms with Crippen molar-refractivity contribution >= 4 is 6.03 Å². The van der Waals surface area contributed by atoms with Gasteiger partial charge in [-0.2, -0.15) is 4.98 Å². The van der Waals surface area contributed by atoms with Crippen LogP contribution in [0.3, 0.4) is 0 Å². The summed E-state index contributed by atoms with van der Waals surface area (Å²) in [4.78, 5) is 18.3. The Labute approximate surface area is 164 Å². The third kappa shape index (κ3) is 4.44. The van der Waals surface area contributed by atoms with E-state index in [2.05, 4.69) is 15.5 Å². The van der Waals surface area contributed by atoms with E-state index in [9.17, 15) is 4.79 Å². The van der Waals surface area contributed by atoms with E-state index >= 15 is 0 Å². The molecule has 1 aromatic carbocycles. The summed E-state index contributed by atoms with van der Waals surface area (Å²) in [6, 6.07) is 7.92. The van der Waals surface area contributed by atoms with Crippen molar-refractivity contribution < 1.29 is 18.8 Å². The fraction of sp³-hybridized carbons (Fsp3) is 0.550. The molecule has 1 aliphatic heterocycles. The van der Waals surface area contributed by atoms with Gasteiger partial charge in [-0.3, -0.25) is 0 Å². The molecule has 28 heavy (non-hydrogen) atoms. The first-order valence-electron chi connectivity index (χ1n) is 9.85. The zero-order valence-electron chi connectivity index (χ0n) is 16.1. The highest BCUT2D eigenvalue weighted by atomic mass is 16.5. The molecule has 1 N–H and O–H groups in total. The average Bonchev–Trinajstić information content (AvgIpc) is 3.14. The number of hydrogen-bond donors (Lipinski definition) is 1. The summed E-state index contributed by atoms with van der Waals surface area (Å²) in [5.41, 5.74) is 0.848. The van der Waals surface area contributed by atoms with Crippen LogP contribution in [0.25, 0.3) is 11.4 Å². The van der Waals surface area contributed by atoms with Crippen LogP contribution < -0.4 is 10.1 Å². The number of likely N-dealkylation sites (tertiary alicyclic amines) is 1. The SMILES string of the molecule is COCc1nc(-c2ccc(OC3CN(C(=O)NC4CCCCC4)C3)cc2)no1. The van der Waals surface area contributed by atoms with Gasteiger partial charge in [0.25, 0.3) is 5.89 Å². The van der Waals surface area contributed by atoms with Crippen molar-refractivity contribution in [2.45, 2.75) is 50.9 Å². The zero-order valence-corrected chi connectivity index (χ0v) is 16.1. The summed E-state index contributed by atoms with van der Waals surface area (Å²) in [6.45, 7) is 1.53. The first-order chi connectivity index (χ1) is 13.7. The fourth-order valence-corrected chi connectivity index (χ4v) is 3.62. The second-order valence-electron chi connectivity index (χ2n) is 7.40. The van der Waals surface area contributed by atoms with E-state index in [0.717, 1.165) is 24.2 Å². The summed E-state index contributed by atoms with van der Waals surface area (Å²) < 4.78 is 16.0. The van der Waals surface area contributed by atoms with Crippen molar-refractivity contribution in [3.05, 3.63) is 30.2 Å². The molecule has 2 heterocycles. The quantitative estimate of drug-likeness (QED) is 0.821. The van der Waals surface area contributed by atoms with Gasteiger partial charge in [0.15, 0.2) is 0 Å². The lowest BCUT2D eigenvalue weighted by Gasteiger charge is -2.40. The molecule has 2 amide bonds. The maximum atomic E-state index is 12.3. The van der Waals surface area contributed by atoms with Crippen LogP contribution in [-0.2, 0) is 11.3 Å². The summed E-state index contributed by atoms with van der Waals surface area (Å²) in [5.74, 6) is 1.73. The number of ether oxygens (including phenoxy) is 2. The summed E-state index contributed by atoms with van der Waals surface area (Å²) in [7, 11) is 1.58. The number of methoxy groups -OCH3 is 1. The van der Waals surface area contributed by atoms with Crippen LogP contribution in [0, 0.1) is 0 Å². The standard InChI is InChI=1S/C20H26N4O4/c1-26-13-18-22-19(23-28-18)14-7-9-16(10-8-14)27-17-11-24(12-17)20(25)21-15-5-3-2-4-6-15/h7-10,15,17H,2-6,11-13H2,1H3,(H,21,25). The number of hydrogen-bond acceptors (Lipinski definition) is 6. The molecule has 1 aliphatic carbocycles. The molecule has 150 valence electrons. The largest absolute Gasteiger partial charge is 0.487 e. The Kier molecular flexibility index (Phi) is 5.76. The molecule has 8 nitrogen and oxygen atoms in total. The number of urea groups is 1. The van der Waals surface area contributed by atoms with Crippen LogP contribution >= 0.6 is 0 Å². The lowest BCUT2D eigenvalue weighted by molar-refractivity contribution is 0.0429. The van der Waals surface area contributed by atoms with Crippen LogP contribution in [0.4, 0.5) is 4.79 Å². The van der Waals surface area contributed by atoms with Gasteiger partial charge in [-0.1, -0.05) is 24.4 Å². The molecule has 4 rings (SSSR count). The molecular weight excluding hydrogens is 360 g/mol. The molecule has 2 fully saturated rings. The van der Waals surface area contributed by atoms with Crippen LogP contribution in [-0.4, -0.2) is 53.4 Å². The predicted molar refractivity (Wildman–Crippen MR) is 102 cm³/mol. The zero-order chi connectivity index (χ0) is 19.3. The predicted octanol–water partition coefficient (Wildman–Crippen LogP) is 2.99. The second kappa shape index (κ2) is 8.60. The van der Waals surface area contributed by atoms with E-state index in [1.165, 1.54) is 19.3 Å². The normalized spacial score (nSPS) is 18.0. The Morgan fingerprint density at radius 3 is 2.68 bits per heavy atom. The van der Waals surface area contributed by atoms with Crippen molar-refractivity contribution in [1.29, 1.82) is 0 Å². The Balaban J connectivity index is 1.23. The maximum absolute atomic E-state index is 12.3. The molecule has 2 aromatic rings. The molecule has 0 bridgehead atoms. The lowest BCUT2D eigenvalue weighted by Crippen LogP contribution is -2.60. The van der Waals surface area contributed by atoms with Gasteiger partial charge in [-0.05, 0) is 37.1 Å². The van der Waals surface area contributed by atoms with Crippen molar-refractivity contribution in [3.8, 4) is 17.1 Å². The minimum atomic E-state index is 0.0291. The minimum absolute atomic E-state index is 0.0291. The highest BCUT2D eigenvalue weighted by molar-refractivity contribution is 5.75. The number of aromatic nitrogens is 2. The minimum Gasteiger partial charge on any atom is -0.487 e. The molecule has 0 unspecified atom stereocenters. The molecule has 1 saturated heterocycles. The van der Waals surface area contributed by atoms with Gasteiger partial charge in [0.05, 0.1) is 13.1 Å². The summed E-state index contributed by atoms with van der Waals surface area (Å²) in [6.07, 6.45) is 5.93. The van der Waals surface area contributed by atoms with Crippen LogP contribution in [0.15, 0.2) is 28.8 Å². The monoisotopic (exact) mass is 386 g/mol. The number of nitrogens with zero attached hydrogens (tertiary/aromatic N) is 3. The van der Waals surface area contributed by atoms with E-state index in [1.807, 2.05) is 29.2 Å². The van der Waals surface area contributed by atoms with E-state index in [0.29, 0.717) is 37.5 Å². The van der Waals surface area contributed by atoms with Gasteiger partial charge >= 0.3 is 6.03 Å². The van der Waals surface area contributed by atoms with Gasteiger partial charge in [-0.25, -0.2) is 4.79 Å². The smallest absolute Gasteiger partial charge is 0.317 e. The van der Waals surface area contributed by atoms with Gasteiger partial charge in [0, 0.05) is 18.7 Å². The number of nitrogens with one attached hydrogen (secondary N) is 1. The summed E-state index contributed by atoms with van der Waals surface area (Å²) in [5, 5.41) is 7.08. The molecule has 1 saturated carbocycles. The summed E-state index contributed by atoms with van der Waals surface area (Å²) >= 11 is 0. The van der Waals surface area contributed by atoms with Crippen molar-refractivity contribution in [1.82, 2.24) is 20.4 Å². The van der Waals surface area contributed by atoms with Crippen molar-refractivity contribution in [3.63, 3.8) is 0 Å².